The van der Waals surface area contributed by atoms with Gasteiger partial charge in [-0.2, -0.15) is 18.4 Å². The Kier molecular flexibility index (Phi) is 4.19. The summed E-state index contributed by atoms with van der Waals surface area (Å²) in [6.07, 6.45) is -2.99. The van der Waals surface area contributed by atoms with Gasteiger partial charge in [0.1, 0.15) is 0 Å². The van der Waals surface area contributed by atoms with Crippen LogP contribution in [0.5, 0.6) is 0 Å². The maximum absolute atomic E-state index is 12.9. The number of aliphatic hydroxyl groups is 1. The van der Waals surface area contributed by atoms with E-state index in [0.29, 0.717) is 31.1 Å². The molecule has 108 valence electrons. The lowest BCUT2D eigenvalue weighted by atomic mass is 10.1. The first kappa shape index (κ1) is 14.7. The number of halogens is 3. The summed E-state index contributed by atoms with van der Waals surface area (Å²) in [5.41, 5.74) is -0.757. The fraction of sp³-hybridized carbons (Fsp3) is 0.500. The predicted octanol–water partition coefficient (Wildman–Crippen LogP) is 2.79. The summed E-state index contributed by atoms with van der Waals surface area (Å²) in [7, 11) is 0. The van der Waals surface area contributed by atoms with Crippen molar-refractivity contribution in [2.24, 2.45) is 5.92 Å². The van der Waals surface area contributed by atoms with Crippen molar-refractivity contribution in [3.05, 3.63) is 29.3 Å². The Bertz CT molecular complexity index is 522. The summed E-state index contributed by atoms with van der Waals surface area (Å²) in [5.74, 6) is 0.310. The van der Waals surface area contributed by atoms with Crippen molar-refractivity contribution in [3.8, 4) is 6.07 Å². The Morgan fingerprint density at radius 3 is 2.75 bits per heavy atom. The summed E-state index contributed by atoms with van der Waals surface area (Å²) >= 11 is 0. The Labute approximate surface area is 115 Å². The van der Waals surface area contributed by atoms with Crippen LogP contribution in [-0.2, 0) is 6.18 Å². The first-order valence-corrected chi connectivity index (χ1v) is 6.43. The zero-order chi connectivity index (χ0) is 14.8. The molecule has 0 aliphatic carbocycles. The van der Waals surface area contributed by atoms with Gasteiger partial charge in [-0.25, -0.2) is 0 Å². The third kappa shape index (κ3) is 3.05. The van der Waals surface area contributed by atoms with Crippen molar-refractivity contribution in [1.29, 1.82) is 5.26 Å². The van der Waals surface area contributed by atoms with Gasteiger partial charge in [0.05, 0.1) is 17.2 Å². The third-order valence-corrected chi connectivity index (χ3v) is 3.62. The molecule has 0 unspecified atom stereocenters. The number of anilines is 1. The van der Waals surface area contributed by atoms with E-state index in [-0.39, 0.29) is 12.2 Å². The number of nitrogens with zero attached hydrogens (tertiary/aromatic N) is 2. The van der Waals surface area contributed by atoms with Crippen LogP contribution < -0.4 is 4.90 Å². The van der Waals surface area contributed by atoms with Gasteiger partial charge in [-0.3, -0.25) is 0 Å². The van der Waals surface area contributed by atoms with Crippen LogP contribution in [0.4, 0.5) is 18.9 Å². The lowest BCUT2D eigenvalue weighted by Crippen LogP contribution is -2.21. The molecular weight excluding hydrogens is 269 g/mol. The van der Waals surface area contributed by atoms with Crippen LogP contribution >= 0.6 is 0 Å². The smallest absolute Gasteiger partial charge is 0.396 e. The van der Waals surface area contributed by atoms with Crippen LogP contribution in [0, 0.1) is 17.2 Å². The van der Waals surface area contributed by atoms with Gasteiger partial charge in [0.25, 0.3) is 0 Å². The standard InChI is InChI=1S/C14H15F3N2O/c15-14(16,17)13-7-12(2-1-11(13)8-18)19-5-3-10(9-19)4-6-20/h1-2,7,10,20H,3-6,9H2/t10-/m1/s1. The minimum Gasteiger partial charge on any atom is -0.396 e. The van der Waals surface area contributed by atoms with E-state index in [9.17, 15) is 13.2 Å². The maximum atomic E-state index is 12.9. The van der Waals surface area contributed by atoms with Crippen molar-refractivity contribution >= 4 is 5.69 Å². The van der Waals surface area contributed by atoms with Gasteiger partial charge in [0.15, 0.2) is 0 Å². The number of rotatable bonds is 3. The number of aliphatic hydroxyl groups excluding tert-OH is 1. The lowest BCUT2D eigenvalue weighted by molar-refractivity contribution is -0.137. The summed E-state index contributed by atoms with van der Waals surface area (Å²) in [4.78, 5) is 1.87. The quantitative estimate of drug-likeness (QED) is 0.928. The van der Waals surface area contributed by atoms with Crippen LogP contribution in [0.3, 0.4) is 0 Å². The van der Waals surface area contributed by atoms with E-state index >= 15 is 0 Å². The highest BCUT2D eigenvalue weighted by Gasteiger charge is 2.34. The molecule has 1 saturated heterocycles. The largest absolute Gasteiger partial charge is 0.417 e. The van der Waals surface area contributed by atoms with E-state index in [1.807, 2.05) is 4.90 Å². The second-order valence-electron chi connectivity index (χ2n) is 4.95. The molecule has 0 saturated carbocycles. The first-order valence-electron chi connectivity index (χ1n) is 6.43. The van der Waals surface area contributed by atoms with E-state index in [0.717, 1.165) is 12.5 Å². The molecular formula is C14H15F3N2O. The van der Waals surface area contributed by atoms with E-state index in [1.165, 1.54) is 6.07 Å². The number of alkyl halides is 3. The van der Waals surface area contributed by atoms with Gasteiger partial charge in [0, 0.05) is 25.4 Å². The zero-order valence-electron chi connectivity index (χ0n) is 10.8. The van der Waals surface area contributed by atoms with Gasteiger partial charge in [0.2, 0.25) is 0 Å². The Morgan fingerprint density at radius 1 is 1.40 bits per heavy atom. The molecule has 0 spiro atoms. The third-order valence-electron chi connectivity index (χ3n) is 3.62. The van der Waals surface area contributed by atoms with E-state index in [2.05, 4.69) is 0 Å². The molecule has 0 radical (unpaired) electrons. The van der Waals surface area contributed by atoms with Gasteiger partial charge < -0.3 is 10.0 Å². The number of nitriles is 1. The predicted molar refractivity (Wildman–Crippen MR) is 68.2 cm³/mol. The molecule has 1 fully saturated rings. The molecule has 0 amide bonds. The average molecular weight is 284 g/mol. The van der Waals surface area contributed by atoms with Gasteiger partial charge in [-0.1, -0.05) is 0 Å². The zero-order valence-corrected chi connectivity index (χ0v) is 10.8. The van der Waals surface area contributed by atoms with Crippen molar-refractivity contribution in [2.45, 2.75) is 19.0 Å². The molecule has 1 N–H and O–H groups in total. The second kappa shape index (κ2) is 5.71. The first-order chi connectivity index (χ1) is 9.45. The normalized spacial score (nSPS) is 19.1. The Hall–Kier alpha value is -1.74. The van der Waals surface area contributed by atoms with Crippen LogP contribution in [0.1, 0.15) is 24.0 Å². The van der Waals surface area contributed by atoms with Gasteiger partial charge in [-0.05, 0) is 37.0 Å². The Balaban J connectivity index is 2.25. The number of hydrogen-bond acceptors (Lipinski definition) is 3. The highest BCUT2D eigenvalue weighted by Crippen LogP contribution is 2.35. The highest BCUT2D eigenvalue weighted by molar-refractivity contribution is 5.55. The summed E-state index contributed by atoms with van der Waals surface area (Å²) in [6, 6.07) is 5.39. The molecule has 3 nitrogen and oxygen atoms in total. The van der Waals surface area contributed by atoms with Crippen molar-refractivity contribution < 1.29 is 18.3 Å². The molecule has 1 aromatic rings. The van der Waals surface area contributed by atoms with Gasteiger partial charge in [-0.15, -0.1) is 0 Å². The summed E-state index contributed by atoms with van der Waals surface area (Å²) in [5, 5.41) is 17.7. The minimum atomic E-state index is -4.52. The van der Waals surface area contributed by atoms with Crippen molar-refractivity contribution in [3.63, 3.8) is 0 Å². The molecule has 20 heavy (non-hydrogen) atoms. The molecule has 0 bridgehead atoms. The average Bonchev–Trinajstić information content (AvgIpc) is 2.86. The summed E-state index contributed by atoms with van der Waals surface area (Å²) in [6.45, 7) is 1.41. The lowest BCUT2D eigenvalue weighted by Gasteiger charge is -2.20. The fourth-order valence-corrected chi connectivity index (χ4v) is 2.55. The molecule has 6 heteroatoms. The van der Waals surface area contributed by atoms with Crippen molar-refractivity contribution in [1.82, 2.24) is 0 Å². The Morgan fingerprint density at radius 2 is 2.15 bits per heavy atom. The van der Waals surface area contributed by atoms with Gasteiger partial charge >= 0.3 is 6.18 Å². The van der Waals surface area contributed by atoms with Crippen LogP contribution in [-0.4, -0.2) is 24.8 Å². The molecule has 1 heterocycles. The topological polar surface area (TPSA) is 47.3 Å². The molecule has 1 aromatic carbocycles. The SMILES string of the molecule is N#Cc1ccc(N2CC[C@H](CCO)C2)cc1C(F)(F)F. The molecule has 2 rings (SSSR count). The number of hydrogen-bond donors (Lipinski definition) is 1. The second-order valence-corrected chi connectivity index (χ2v) is 4.95. The van der Waals surface area contributed by atoms with E-state index < -0.39 is 11.7 Å². The van der Waals surface area contributed by atoms with Crippen LogP contribution in [0.2, 0.25) is 0 Å². The molecule has 1 atom stereocenters. The molecule has 0 aromatic heterocycles. The van der Waals surface area contributed by atoms with E-state index in [1.54, 1.807) is 12.1 Å². The van der Waals surface area contributed by atoms with Crippen LogP contribution in [0.15, 0.2) is 18.2 Å². The monoisotopic (exact) mass is 284 g/mol. The minimum absolute atomic E-state index is 0.0969. The fourth-order valence-electron chi connectivity index (χ4n) is 2.55. The molecule has 1 aliphatic rings. The number of benzene rings is 1. The van der Waals surface area contributed by atoms with E-state index in [4.69, 9.17) is 10.4 Å². The highest BCUT2D eigenvalue weighted by atomic mass is 19.4. The maximum Gasteiger partial charge on any atom is 0.417 e. The molecule has 1 aliphatic heterocycles. The summed E-state index contributed by atoms with van der Waals surface area (Å²) < 4.78 is 38.7. The van der Waals surface area contributed by atoms with Crippen LogP contribution in [0.25, 0.3) is 0 Å². The van der Waals surface area contributed by atoms with Crippen molar-refractivity contribution in [2.75, 3.05) is 24.6 Å².